The van der Waals surface area contributed by atoms with Crippen molar-refractivity contribution in [3.63, 3.8) is 0 Å². The largest absolute Gasteiger partial charge is 0.484 e. The molecule has 0 aromatic heterocycles. The molecule has 0 bridgehead atoms. The van der Waals surface area contributed by atoms with Crippen molar-refractivity contribution in [2.24, 2.45) is 0 Å². The average molecular weight is 321 g/mol. The molecule has 2 aromatic rings. The molecule has 1 aliphatic heterocycles. The van der Waals surface area contributed by atoms with Gasteiger partial charge in [-0.15, -0.1) is 0 Å². The van der Waals surface area contributed by atoms with Gasteiger partial charge in [-0.1, -0.05) is 34.1 Å². The first-order chi connectivity index (χ1) is 9.15. The molecule has 0 saturated carbocycles. The van der Waals surface area contributed by atoms with Crippen LogP contribution in [-0.2, 0) is 0 Å². The average Bonchev–Trinajstić information content (AvgIpc) is 2.40. The molecular weight excluding hydrogens is 311 g/mol. The highest BCUT2D eigenvalue weighted by Crippen LogP contribution is 2.37. The third-order valence-corrected chi connectivity index (χ3v) is 3.86. The Balaban J connectivity index is 2.00. The Hall–Kier alpha value is -1.68. The number of hydrogen-bond acceptors (Lipinski definition) is 2. The van der Waals surface area contributed by atoms with Gasteiger partial charge in [-0.05, 0) is 24.3 Å². The number of Topliss-reactive ketones (excluding diaryl/α,β-unsaturated/α-hetero) is 1. The molecule has 0 saturated heterocycles. The smallest absolute Gasteiger partial charge is 0.170 e. The number of carbonyl (C=O) groups is 1. The summed E-state index contributed by atoms with van der Waals surface area (Å²) in [5.74, 6) is -0.0741. The molecular formula is C15H10BrFO2. The van der Waals surface area contributed by atoms with Crippen LogP contribution in [0.15, 0.2) is 46.9 Å². The van der Waals surface area contributed by atoms with E-state index in [1.165, 1.54) is 18.2 Å². The number of benzene rings is 2. The maximum Gasteiger partial charge on any atom is 0.170 e. The first-order valence-corrected chi connectivity index (χ1v) is 6.68. The third kappa shape index (κ3) is 2.28. The summed E-state index contributed by atoms with van der Waals surface area (Å²) in [6.45, 7) is 0. The van der Waals surface area contributed by atoms with Crippen LogP contribution >= 0.6 is 15.9 Å². The molecule has 96 valence electrons. The second kappa shape index (κ2) is 4.78. The van der Waals surface area contributed by atoms with Crippen molar-refractivity contribution >= 4 is 21.7 Å². The van der Waals surface area contributed by atoms with Crippen LogP contribution in [-0.4, -0.2) is 5.78 Å². The van der Waals surface area contributed by atoms with Crippen molar-refractivity contribution in [3.05, 3.63) is 63.9 Å². The van der Waals surface area contributed by atoms with Gasteiger partial charge >= 0.3 is 0 Å². The molecule has 2 nitrogen and oxygen atoms in total. The standard InChI is InChI=1S/C15H10BrFO2/c16-12-4-2-1-3-10(12)15-8-13(18)11-7-9(17)5-6-14(11)19-15/h1-7,15H,8H2. The summed E-state index contributed by atoms with van der Waals surface area (Å²) in [6.07, 6.45) is -0.111. The van der Waals surface area contributed by atoms with Crippen molar-refractivity contribution in [2.75, 3.05) is 0 Å². The van der Waals surface area contributed by atoms with E-state index in [0.29, 0.717) is 11.3 Å². The highest BCUT2D eigenvalue weighted by atomic mass is 79.9. The Bertz CT molecular complexity index is 654. The van der Waals surface area contributed by atoms with Crippen molar-refractivity contribution < 1.29 is 13.9 Å². The fourth-order valence-electron chi connectivity index (χ4n) is 2.21. The summed E-state index contributed by atoms with van der Waals surface area (Å²) in [5.41, 5.74) is 1.24. The molecule has 0 fully saturated rings. The second-order valence-electron chi connectivity index (χ2n) is 4.40. The van der Waals surface area contributed by atoms with E-state index in [9.17, 15) is 9.18 Å². The molecule has 1 unspecified atom stereocenters. The van der Waals surface area contributed by atoms with Crippen LogP contribution in [0.25, 0.3) is 0 Å². The zero-order valence-corrected chi connectivity index (χ0v) is 11.5. The summed E-state index contributed by atoms with van der Waals surface area (Å²) in [7, 11) is 0. The topological polar surface area (TPSA) is 26.3 Å². The Morgan fingerprint density at radius 2 is 2.00 bits per heavy atom. The fraction of sp³-hybridized carbons (Fsp3) is 0.133. The van der Waals surface area contributed by atoms with Crippen LogP contribution in [0, 0.1) is 5.82 Å². The molecule has 0 radical (unpaired) electrons. The lowest BCUT2D eigenvalue weighted by atomic mass is 9.96. The van der Waals surface area contributed by atoms with Crippen LogP contribution in [0.4, 0.5) is 4.39 Å². The molecule has 1 aliphatic rings. The number of carbonyl (C=O) groups excluding carboxylic acids is 1. The van der Waals surface area contributed by atoms with Crippen LogP contribution in [0.2, 0.25) is 0 Å². The lowest BCUT2D eigenvalue weighted by molar-refractivity contribution is 0.0848. The monoisotopic (exact) mass is 320 g/mol. The van der Waals surface area contributed by atoms with E-state index in [2.05, 4.69) is 15.9 Å². The Morgan fingerprint density at radius 3 is 2.79 bits per heavy atom. The maximum atomic E-state index is 13.1. The number of fused-ring (bicyclic) bond motifs is 1. The molecule has 0 N–H and O–H groups in total. The van der Waals surface area contributed by atoms with Crippen LogP contribution < -0.4 is 4.74 Å². The lowest BCUT2D eigenvalue weighted by Gasteiger charge is -2.26. The van der Waals surface area contributed by atoms with Crippen LogP contribution in [0.5, 0.6) is 5.75 Å². The quantitative estimate of drug-likeness (QED) is 0.783. The normalized spacial score (nSPS) is 17.8. The van der Waals surface area contributed by atoms with E-state index in [-0.39, 0.29) is 18.3 Å². The highest BCUT2D eigenvalue weighted by Gasteiger charge is 2.28. The molecule has 2 aromatic carbocycles. The zero-order chi connectivity index (χ0) is 13.4. The van der Waals surface area contributed by atoms with Gasteiger partial charge in [0.1, 0.15) is 17.7 Å². The number of ether oxygens (including phenoxy) is 1. The van der Waals surface area contributed by atoms with Crippen LogP contribution in [0.3, 0.4) is 0 Å². The molecule has 0 aliphatic carbocycles. The number of rotatable bonds is 1. The number of hydrogen-bond donors (Lipinski definition) is 0. The number of ketones is 1. The van der Waals surface area contributed by atoms with Crippen LogP contribution in [0.1, 0.15) is 28.4 Å². The predicted molar refractivity (Wildman–Crippen MR) is 72.9 cm³/mol. The van der Waals surface area contributed by atoms with E-state index in [4.69, 9.17) is 4.74 Å². The minimum Gasteiger partial charge on any atom is -0.484 e. The minimum absolute atomic E-state index is 0.0958. The fourth-order valence-corrected chi connectivity index (χ4v) is 2.75. The summed E-state index contributed by atoms with van der Waals surface area (Å²) < 4.78 is 19.8. The Labute approximate surface area is 118 Å². The van der Waals surface area contributed by atoms with E-state index >= 15 is 0 Å². The molecule has 19 heavy (non-hydrogen) atoms. The van der Waals surface area contributed by atoms with E-state index in [1.54, 1.807) is 0 Å². The molecule has 4 heteroatoms. The summed E-state index contributed by atoms with van der Waals surface area (Å²) in [6, 6.07) is 11.7. The van der Waals surface area contributed by atoms with Crippen molar-refractivity contribution in [1.82, 2.24) is 0 Å². The van der Waals surface area contributed by atoms with Gasteiger partial charge in [0.2, 0.25) is 0 Å². The Kier molecular flexibility index (Phi) is 3.11. The lowest BCUT2D eigenvalue weighted by Crippen LogP contribution is -2.20. The molecule has 0 amide bonds. The second-order valence-corrected chi connectivity index (χ2v) is 5.25. The van der Waals surface area contributed by atoms with Gasteiger partial charge in [-0.25, -0.2) is 4.39 Å². The third-order valence-electron chi connectivity index (χ3n) is 3.13. The van der Waals surface area contributed by atoms with Gasteiger partial charge < -0.3 is 4.74 Å². The van der Waals surface area contributed by atoms with E-state index in [0.717, 1.165) is 10.0 Å². The zero-order valence-electron chi connectivity index (χ0n) is 9.90. The van der Waals surface area contributed by atoms with Crippen molar-refractivity contribution in [2.45, 2.75) is 12.5 Å². The predicted octanol–water partition coefficient (Wildman–Crippen LogP) is 4.29. The van der Waals surface area contributed by atoms with E-state index in [1.807, 2.05) is 24.3 Å². The first kappa shape index (κ1) is 12.4. The SMILES string of the molecule is O=C1CC(c2ccccc2Br)Oc2ccc(F)cc21. The van der Waals surface area contributed by atoms with Crippen molar-refractivity contribution in [1.29, 1.82) is 0 Å². The number of halogens is 2. The first-order valence-electron chi connectivity index (χ1n) is 5.89. The van der Waals surface area contributed by atoms with Gasteiger partial charge in [0.15, 0.2) is 5.78 Å². The summed E-state index contributed by atoms with van der Waals surface area (Å²) in [4.78, 5) is 12.1. The van der Waals surface area contributed by atoms with Gasteiger partial charge in [0, 0.05) is 10.0 Å². The van der Waals surface area contributed by atoms with Gasteiger partial charge in [-0.3, -0.25) is 4.79 Å². The van der Waals surface area contributed by atoms with Gasteiger partial charge in [0.25, 0.3) is 0 Å². The van der Waals surface area contributed by atoms with Gasteiger partial charge in [-0.2, -0.15) is 0 Å². The maximum absolute atomic E-state index is 13.1. The summed E-state index contributed by atoms with van der Waals surface area (Å²) in [5, 5.41) is 0. The Morgan fingerprint density at radius 1 is 1.21 bits per heavy atom. The minimum atomic E-state index is -0.421. The summed E-state index contributed by atoms with van der Waals surface area (Å²) >= 11 is 3.45. The molecule has 0 spiro atoms. The molecule has 1 heterocycles. The molecule has 3 rings (SSSR count). The van der Waals surface area contributed by atoms with E-state index < -0.39 is 5.82 Å². The highest BCUT2D eigenvalue weighted by molar-refractivity contribution is 9.10. The van der Waals surface area contributed by atoms with Gasteiger partial charge in [0.05, 0.1) is 12.0 Å². The van der Waals surface area contributed by atoms with Crippen molar-refractivity contribution in [3.8, 4) is 5.75 Å². The molecule has 1 atom stereocenters.